The van der Waals surface area contributed by atoms with E-state index in [-0.39, 0.29) is 6.54 Å². The molecule has 0 bridgehead atoms. The van der Waals surface area contributed by atoms with Crippen LogP contribution < -0.4 is 11.2 Å². The van der Waals surface area contributed by atoms with Crippen LogP contribution in [0.5, 0.6) is 0 Å². The molecule has 0 aliphatic carbocycles. The molecule has 8 heteroatoms. The largest absolute Gasteiger partial charge is 0.390 e. The molecule has 0 radical (unpaired) electrons. The first-order valence-corrected chi connectivity index (χ1v) is 6.84. The Morgan fingerprint density at radius 1 is 1.39 bits per heavy atom. The van der Waals surface area contributed by atoms with Crippen molar-refractivity contribution in [2.24, 2.45) is 14.1 Å². The number of aliphatic hydroxyl groups is 1. The van der Waals surface area contributed by atoms with Crippen molar-refractivity contribution in [1.82, 2.24) is 18.7 Å². The lowest BCUT2D eigenvalue weighted by molar-refractivity contribution is 0.182. The van der Waals surface area contributed by atoms with Gasteiger partial charge >= 0.3 is 5.69 Å². The number of hydrogen-bond acceptors (Lipinski definition) is 4. The molecule has 0 amide bonds. The third-order valence-electron chi connectivity index (χ3n) is 2.80. The van der Waals surface area contributed by atoms with Crippen LogP contribution in [0.15, 0.2) is 15.9 Å². The van der Waals surface area contributed by atoms with Crippen molar-refractivity contribution in [3.8, 4) is 0 Å². The molecule has 2 aromatic heterocycles. The van der Waals surface area contributed by atoms with Gasteiger partial charge in [0.1, 0.15) is 0 Å². The van der Waals surface area contributed by atoms with Gasteiger partial charge in [0, 0.05) is 18.5 Å². The van der Waals surface area contributed by atoms with Crippen LogP contribution in [-0.4, -0.2) is 34.3 Å². The van der Waals surface area contributed by atoms with Crippen molar-refractivity contribution in [2.75, 3.05) is 4.43 Å². The highest BCUT2D eigenvalue weighted by molar-refractivity contribution is 14.1. The van der Waals surface area contributed by atoms with Crippen LogP contribution in [0.4, 0.5) is 0 Å². The van der Waals surface area contributed by atoms with Gasteiger partial charge < -0.3 is 9.67 Å². The number of fused-ring (bicyclic) bond motifs is 1. The van der Waals surface area contributed by atoms with Gasteiger partial charge in [0.2, 0.25) is 0 Å². The Morgan fingerprint density at radius 2 is 2.06 bits per heavy atom. The van der Waals surface area contributed by atoms with Crippen molar-refractivity contribution >= 4 is 33.8 Å². The van der Waals surface area contributed by atoms with Gasteiger partial charge in [-0.25, -0.2) is 9.78 Å². The molecule has 98 valence electrons. The van der Waals surface area contributed by atoms with Crippen LogP contribution in [0.25, 0.3) is 11.2 Å². The number of imidazole rings is 1. The summed E-state index contributed by atoms with van der Waals surface area (Å²) in [5.74, 6) is 0. The molecule has 0 aromatic carbocycles. The van der Waals surface area contributed by atoms with Crippen molar-refractivity contribution in [2.45, 2.75) is 12.6 Å². The summed E-state index contributed by atoms with van der Waals surface area (Å²) < 4.78 is 4.50. The summed E-state index contributed by atoms with van der Waals surface area (Å²) in [6, 6.07) is 0. The normalized spacial score (nSPS) is 13.1. The lowest BCUT2D eigenvalue weighted by Gasteiger charge is -2.09. The van der Waals surface area contributed by atoms with Gasteiger partial charge in [-0.05, 0) is 0 Å². The molecule has 0 aliphatic rings. The first-order valence-electron chi connectivity index (χ1n) is 5.32. The topological polar surface area (TPSA) is 82.0 Å². The highest BCUT2D eigenvalue weighted by Gasteiger charge is 2.15. The second-order valence-electron chi connectivity index (χ2n) is 4.08. The van der Waals surface area contributed by atoms with E-state index in [1.165, 1.54) is 17.9 Å². The van der Waals surface area contributed by atoms with E-state index in [2.05, 4.69) is 27.6 Å². The van der Waals surface area contributed by atoms with E-state index >= 15 is 0 Å². The van der Waals surface area contributed by atoms with E-state index in [0.29, 0.717) is 15.6 Å². The monoisotopic (exact) mass is 364 g/mol. The second-order valence-corrected chi connectivity index (χ2v) is 4.96. The highest BCUT2D eigenvalue weighted by Crippen LogP contribution is 2.07. The molecule has 1 N–H and O–H groups in total. The lowest BCUT2D eigenvalue weighted by atomic mass is 10.4. The molecule has 1 unspecified atom stereocenters. The number of aliphatic hydroxyl groups excluding tert-OH is 1. The van der Waals surface area contributed by atoms with E-state index in [4.69, 9.17) is 0 Å². The Kier molecular flexibility index (Phi) is 3.57. The third-order valence-corrected chi connectivity index (χ3v) is 3.82. The summed E-state index contributed by atoms with van der Waals surface area (Å²) in [4.78, 5) is 27.8. The number of aryl methyl sites for hydroxylation is 1. The van der Waals surface area contributed by atoms with Crippen LogP contribution in [0.1, 0.15) is 0 Å². The minimum absolute atomic E-state index is 0.285. The van der Waals surface area contributed by atoms with Gasteiger partial charge in [0.15, 0.2) is 11.2 Å². The number of nitrogens with zero attached hydrogens (tertiary/aromatic N) is 4. The number of aromatic nitrogens is 4. The molecular weight excluding hydrogens is 351 g/mol. The zero-order valence-corrected chi connectivity index (χ0v) is 12.2. The van der Waals surface area contributed by atoms with Crippen LogP contribution in [-0.2, 0) is 20.6 Å². The summed E-state index contributed by atoms with van der Waals surface area (Å²) >= 11 is 2.07. The average Bonchev–Trinajstić information content (AvgIpc) is 2.77. The van der Waals surface area contributed by atoms with E-state index in [1.54, 1.807) is 11.6 Å². The molecular formula is C10H13IN4O3. The number of hydrogen-bond donors (Lipinski definition) is 1. The number of halogens is 1. The molecule has 7 nitrogen and oxygen atoms in total. The van der Waals surface area contributed by atoms with Gasteiger partial charge in [-0.1, -0.05) is 22.6 Å². The lowest BCUT2D eigenvalue weighted by Crippen LogP contribution is -2.37. The fraction of sp³-hybridized carbons (Fsp3) is 0.500. The zero-order chi connectivity index (χ0) is 13.4. The van der Waals surface area contributed by atoms with E-state index in [1.807, 2.05) is 0 Å². The van der Waals surface area contributed by atoms with Crippen LogP contribution in [0.3, 0.4) is 0 Å². The molecule has 0 saturated heterocycles. The van der Waals surface area contributed by atoms with Gasteiger partial charge in [-0.2, -0.15) is 0 Å². The highest BCUT2D eigenvalue weighted by atomic mass is 127. The zero-order valence-electron chi connectivity index (χ0n) is 10.00. The Bertz CT molecular complexity index is 699. The smallest absolute Gasteiger partial charge is 0.332 e. The number of rotatable bonds is 3. The Morgan fingerprint density at radius 3 is 2.67 bits per heavy atom. The van der Waals surface area contributed by atoms with Crippen molar-refractivity contribution in [3.05, 3.63) is 27.2 Å². The Hall–Kier alpha value is -1.16. The van der Waals surface area contributed by atoms with Crippen molar-refractivity contribution in [3.63, 3.8) is 0 Å². The predicted octanol–water partition coefficient (Wildman–Crippen LogP) is -0.770. The summed E-state index contributed by atoms with van der Waals surface area (Å²) in [5, 5.41) is 9.64. The maximum Gasteiger partial charge on any atom is 0.332 e. The minimum Gasteiger partial charge on any atom is -0.390 e. The summed E-state index contributed by atoms with van der Waals surface area (Å²) in [6.07, 6.45) is 0.922. The second kappa shape index (κ2) is 4.84. The van der Waals surface area contributed by atoms with E-state index in [0.717, 1.165) is 4.57 Å². The van der Waals surface area contributed by atoms with Crippen molar-refractivity contribution in [1.29, 1.82) is 0 Å². The third kappa shape index (κ3) is 1.99. The van der Waals surface area contributed by atoms with Gasteiger partial charge in [-0.15, -0.1) is 0 Å². The first-order chi connectivity index (χ1) is 8.47. The average molecular weight is 364 g/mol. The summed E-state index contributed by atoms with van der Waals surface area (Å²) in [5.41, 5.74) is -0.134. The molecule has 0 spiro atoms. The predicted molar refractivity (Wildman–Crippen MR) is 75.1 cm³/mol. The Labute approximate surface area is 116 Å². The number of alkyl halides is 1. The van der Waals surface area contributed by atoms with Crippen molar-refractivity contribution < 1.29 is 5.11 Å². The fourth-order valence-electron chi connectivity index (χ4n) is 1.81. The molecule has 0 saturated carbocycles. The molecule has 1 atom stereocenters. The maximum absolute atomic E-state index is 12.1. The minimum atomic E-state index is -0.551. The van der Waals surface area contributed by atoms with Gasteiger partial charge in [0.05, 0.1) is 19.0 Å². The Balaban J connectivity index is 2.74. The van der Waals surface area contributed by atoms with Gasteiger partial charge in [-0.3, -0.25) is 13.9 Å². The molecule has 18 heavy (non-hydrogen) atoms. The quantitative estimate of drug-likeness (QED) is 0.573. The van der Waals surface area contributed by atoms with Crippen LogP contribution >= 0.6 is 22.6 Å². The van der Waals surface area contributed by atoms with Crippen LogP contribution in [0.2, 0.25) is 0 Å². The molecule has 2 aromatic rings. The first kappa shape index (κ1) is 13.3. The maximum atomic E-state index is 12.1. The SMILES string of the molecule is Cn1c(=O)c2c(ncn2CC(O)CI)n(C)c1=O. The summed E-state index contributed by atoms with van der Waals surface area (Å²) in [6.45, 7) is 0.285. The molecule has 2 heterocycles. The van der Waals surface area contributed by atoms with Gasteiger partial charge in [0.25, 0.3) is 5.56 Å². The fourth-order valence-corrected chi connectivity index (χ4v) is 2.09. The molecule has 0 aliphatic heterocycles. The standard InChI is InChI=1S/C10H13IN4O3/c1-13-8-7(9(17)14(2)10(13)18)15(5-12-8)4-6(16)3-11/h5-6,16H,3-4H2,1-2H3. The van der Waals surface area contributed by atoms with E-state index in [9.17, 15) is 14.7 Å². The molecule has 0 fully saturated rings. The van der Waals surface area contributed by atoms with Crippen LogP contribution in [0, 0.1) is 0 Å². The summed E-state index contributed by atoms with van der Waals surface area (Å²) in [7, 11) is 2.99. The van der Waals surface area contributed by atoms with E-state index < -0.39 is 17.4 Å². The molecule has 2 rings (SSSR count).